The number of hydrogen-bond acceptors (Lipinski definition) is 5. The Balaban J connectivity index is 2.16. The van der Waals surface area contributed by atoms with Crippen molar-refractivity contribution >= 4 is 21.9 Å². The van der Waals surface area contributed by atoms with Crippen molar-refractivity contribution < 1.29 is 24.1 Å². The third kappa shape index (κ3) is 5.39. The minimum absolute atomic E-state index is 0.170. The number of alkyl halides is 1. The molecule has 0 fully saturated rings. The Morgan fingerprint density at radius 3 is 2.56 bits per heavy atom. The normalized spacial score (nSPS) is 10.4. The number of ether oxygens (including phenoxy) is 3. The van der Waals surface area contributed by atoms with Crippen molar-refractivity contribution in [3.05, 3.63) is 53.1 Å². The number of phenols is 1. The molecule has 0 radical (unpaired) electrons. The third-order valence-corrected chi connectivity index (χ3v) is 4.06. The fourth-order valence-corrected chi connectivity index (χ4v) is 2.39. The van der Waals surface area contributed by atoms with Gasteiger partial charge in [0.2, 0.25) is 5.75 Å². The minimum Gasteiger partial charge on any atom is -0.504 e. The molecule has 0 amide bonds. The van der Waals surface area contributed by atoms with Crippen molar-refractivity contribution in [1.82, 2.24) is 0 Å². The molecule has 1 N–H and O–H groups in total. The number of carbonyl (C=O) groups excluding carboxylic acids is 1. The molecule has 2 aromatic carbocycles. The highest BCUT2D eigenvalue weighted by atomic mass is 79.9. The van der Waals surface area contributed by atoms with Crippen LogP contribution in [0, 0.1) is 6.92 Å². The molecule has 5 nitrogen and oxygen atoms in total. The third-order valence-electron chi connectivity index (χ3n) is 3.50. The van der Waals surface area contributed by atoms with Crippen molar-refractivity contribution in [3.63, 3.8) is 0 Å². The molecule has 0 unspecified atom stereocenters. The van der Waals surface area contributed by atoms with E-state index in [9.17, 15) is 9.90 Å². The lowest BCUT2D eigenvalue weighted by atomic mass is 10.1. The van der Waals surface area contributed by atoms with Gasteiger partial charge in [-0.2, -0.15) is 0 Å². The number of benzene rings is 2. The zero-order valence-corrected chi connectivity index (χ0v) is 15.8. The Hall–Kier alpha value is -2.21. The van der Waals surface area contributed by atoms with Gasteiger partial charge in [0.25, 0.3) is 0 Å². The topological polar surface area (TPSA) is 65.0 Å². The molecule has 134 valence electrons. The fraction of sp³-hybridized carbons (Fsp3) is 0.316. The van der Waals surface area contributed by atoms with Crippen molar-refractivity contribution in [2.75, 3.05) is 19.0 Å². The van der Waals surface area contributed by atoms with Gasteiger partial charge >= 0.3 is 5.97 Å². The Labute approximate surface area is 155 Å². The number of phenolic OH excluding ortho intramolecular Hbond substituents is 1. The van der Waals surface area contributed by atoms with Gasteiger partial charge in [-0.1, -0.05) is 45.8 Å². The van der Waals surface area contributed by atoms with Crippen LogP contribution in [0.25, 0.3) is 0 Å². The fourth-order valence-electron chi connectivity index (χ4n) is 2.17. The van der Waals surface area contributed by atoms with Crippen LogP contribution in [0.2, 0.25) is 0 Å². The number of methoxy groups -OCH3 is 1. The predicted molar refractivity (Wildman–Crippen MR) is 98.9 cm³/mol. The van der Waals surface area contributed by atoms with Gasteiger partial charge in [-0.25, -0.2) is 4.79 Å². The molecule has 0 aromatic heterocycles. The second-order valence-corrected chi connectivity index (χ2v) is 6.27. The molecule has 0 saturated heterocycles. The Morgan fingerprint density at radius 1 is 1.20 bits per heavy atom. The monoisotopic (exact) mass is 408 g/mol. The van der Waals surface area contributed by atoms with E-state index in [1.165, 1.54) is 19.2 Å². The Bertz CT molecular complexity index is 712. The number of carbonyl (C=O) groups is 1. The number of aryl methyl sites for hydroxylation is 1. The summed E-state index contributed by atoms with van der Waals surface area (Å²) in [4.78, 5) is 12.1. The summed E-state index contributed by atoms with van der Waals surface area (Å²) in [5.74, 6) is -0.213. The first-order valence-corrected chi connectivity index (χ1v) is 8.99. The molecule has 25 heavy (non-hydrogen) atoms. The van der Waals surface area contributed by atoms with Crippen LogP contribution in [-0.2, 0) is 11.3 Å². The summed E-state index contributed by atoms with van der Waals surface area (Å²) in [5.41, 5.74) is 2.34. The zero-order chi connectivity index (χ0) is 18.2. The van der Waals surface area contributed by atoms with Crippen LogP contribution in [0.3, 0.4) is 0 Å². The summed E-state index contributed by atoms with van der Waals surface area (Å²) >= 11 is 3.28. The van der Waals surface area contributed by atoms with E-state index in [0.717, 1.165) is 16.5 Å². The number of halogens is 1. The highest BCUT2D eigenvalue weighted by Gasteiger charge is 2.17. The number of rotatable bonds is 8. The van der Waals surface area contributed by atoms with Crippen LogP contribution in [-0.4, -0.2) is 30.1 Å². The first-order valence-electron chi connectivity index (χ1n) is 7.87. The number of aromatic hydroxyl groups is 1. The van der Waals surface area contributed by atoms with Crippen LogP contribution in [0.5, 0.6) is 17.2 Å². The molecule has 0 saturated carbocycles. The average Bonchev–Trinajstić information content (AvgIpc) is 2.61. The van der Waals surface area contributed by atoms with Crippen molar-refractivity contribution in [2.24, 2.45) is 0 Å². The van der Waals surface area contributed by atoms with E-state index in [4.69, 9.17) is 14.2 Å². The maximum absolute atomic E-state index is 12.1. The SMILES string of the molecule is COc1c(O)cc(C(=O)OCCCBr)cc1OCc1ccc(C)cc1. The summed E-state index contributed by atoms with van der Waals surface area (Å²) in [5, 5.41) is 10.9. The summed E-state index contributed by atoms with van der Waals surface area (Å²) < 4.78 is 16.1. The Kier molecular flexibility index (Phi) is 7.13. The molecular formula is C19H21BrO5. The summed E-state index contributed by atoms with van der Waals surface area (Å²) in [6, 6.07) is 10.7. The van der Waals surface area contributed by atoms with E-state index < -0.39 is 5.97 Å². The van der Waals surface area contributed by atoms with Gasteiger partial charge in [-0.3, -0.25) is 0 Å². The van der Waals surface area contributed by atoms with E-state index in [1.807, 2.05) is 31.2 Å². The van der Waals surface area contributed by atoms with E-state index in [-0.39, 0.29) is 29.4 Å². The smallest absolute Gasteiger partial charge is 0.338 e. The highest BCUT2D eigenvalue weighted by molar-refractivity contribution is 9.09. The lowest BCUT2D eigenvalue weighted by molar-refractivity contribution is 0.0505. The van der Waals surface area contributed by atoms with Crippen LogP contribution in [0.15, 0.2) is 36.4 Å². The van der Waals surface area contributed by atoms with Crippen LogP contribution in [0.4, 0.5) is 0 Å². The molecule has 0 heterocycles. The lowest BCUT2D eigenvalue weighted by Crippen LogP contribution is -2.08. The zero-order valence-electron chi connectivity index (χ0n) is 14.3. The van der Waals surface area contributed by atoms with E-state index in [2.05, 4.69) is 15.9 Å². The van der Waals surface area contributed by atoms with Gasteiger partial charge in [-0.15, -0.1) is 0 Å². The van der Waals surface area contributed by atoms with Crippen molar-refractivity contribution in [2.45, 2.75) is 20.0 Å². The molecule has 6 heteroatoms. The maximum atomic E-state index is 12.1. The number of esters is 1. The van der Waals surface area contributed by atoms with Gasteiger partial charge in [0.05, 0.1) is 19.3 Å². The molecule has 0 spiro atoms. The molecule has 0 bridgehead atoms. The summed E-state index contributed by atoms with van der Waals surface area (Å²) in [6.45, 7) is 2.60. The summed E-state index contributed by atoms with van der Waals surface area (Å²) in [6.07, 6.45) is 0.713. The molecule has 0 atom stereocenters. The number of hydrogen-bond donors (Lipinski definition) is 1. The van der Waals surface area contributed by atoms with Crippen LogP contribution < -0.4 is 9.47 Å². The first-order chi connectivity index (χ1) is 12.0. The second kappa shape index (κ2) is 9.32. The van der Waals surface area contributed by atoms with E-state index in [0.29, 0.717) is 13.0 Å². The van der Waals surface area contributed by atoms with Gasteiger partial charge in [-0.05, 0) is 31.0 Å². The molecule has 2 aromatic rings. The van der Waals surface area contributed by atoms with Crippen molar-refractivity contribution in [1.29, 1.82) is 0 Å². The average molecular weight is 409 g/mol. The lowest BCUT2D eigenvalue weighted by Gasteiger charge is -2.14. The predicted octanol–water partition coefficient (Wildman–Crippen LogP) is 4.23. The summed E-state index contributed by atoms with van der Waals surface area (Å²) in [7, 11) is 1.43. The van der Waals surface area contributed by atoms with E-state index >= 15 is 0 Å². The van der Waals surface area contributed by atoms with E-state index in [1.54, 1.807) is 0 Å². The van der Waals surface area contributed by atoms with Gasteiger partial charge in [0.15, 0.2) is 11.5 Å². The largest absolute Gasteiger partial charge is 0.504 e. The van der Waals surface area contributed by atoms with Gasteiger partial charge < -0.3 is 19.3 Å². The standard InChI is InChI=1S/C19H21BrO5/c1-13-4-6-14(7-5-13)12-25-17-11-15(10-16(21)18(17)23-2)19(22)24-9-3-8-20/h4-7,10-11,21H,3,8-9,12H2,1-2H3. The highest BCUT2D eigenvalue weighted by Crippen LogP contribution is 2.38. The molecule has 0 aliphatic heterocycles. The molecule has 0 aliphatic rings. The second-order valence-electron chi connectivity index (χ2n) is 5.48. The maximum Gasteiger partial charge on any atom is 0.338 e. The van der Waals surface area contributed by atoms with Gasteiger partial charge in [0.1, 0.15) is 6.61 Å². The Morgan fingerprint density at radius 2 is 1.92 bits per heavy atom. The van der Waals surface area contributed by atoms with Gasteiger partial charge in [0, 0.05) is 5.33 Å². The molecule has 0 aliphatic carbocycles. The van der Waals surface area contributed by atoms with Crippen molar-refractivity contribution in [3.8, 4) is 17.2 Å². The van der Waals surface area contributed by atoms with Crippen LogP contribution >= 0.6 is 15.9 Å². The minimum atomic E-state index is -0.515. The molecule has 2 rings (SSSR count). The van der Waals surface area contributed by atoms with Crippen LogP contribution in [0.1, 0.15) is 27.9 Å². The first kappa shape index (κ1) is 19.1. The quantitative estimate of drug-likeness (QED) is 0.402. The molecular weight excluding hydrogens is 388 g/mol.